The third-order valence-corrected chi connectivity index (χ3v) is 2.26. The summed E-state index contributed by atoms with van der Waals surface area (Å²) < 4.78 is 5.21. The summed E-state index contributed by atoms with van der Waals surface area (Å²) in [5, 5.41) is 0. The van der Waals surface area contributed by atoms with Gasteiger partial charge in [0, 0.05) is 19.5 Å². The molecule has 13 heavy (non-hydrogen) atoms. The Morgan fingerprint density at radius 3 is 2.92 bits per heavy atom. The lowest BCUT2D eigenvalue weighted by Crippen LogP contribution is -2.34. The molecular weight excluding hydrogens is 166 g/mol. The first-order valence-corrected chi connectivity index (χ1v) is 4.65. The Morgan fingerprint density at radius 2 is 2.31 bits per heavy atom. The lowest BCUT2D eigenvalue weighted by molar-refractivity contribution is -0.130. The predicted octanol–water partition coefficient (Wildman–Crippen LogP) is 1.08. The van der Waals surface area contributed by atoms with Gasteiger partial charge in [0.25, 0.3) is 5.91 Å². The molecule has 3 heteroatoms. The number of rotatable bonds is 1. The number of nitrogens with zero attached hydrogens (tertiary/aromatic N) is 1. The molecule has 2 aliphatic rings. The zero-order valence-corrected chi connectivity index (χ0v) is 7.53. The van der Waals surface area contributed by atoms with Crippen molar-refractivity contribution in [2.75, 3.05) is 19.7 Å². The van der Waals surface area contributed by atoms with E-state index < -0.39 is 0 Å². The van der Waals surface area contributed by atoms with Crippen molar-refractivity contribution < 1.29 is 9.53 Å². The van der Waals surface area contributed by atoms with E-state index in [0.717, 1.165) is 25.9 Å². The summed E-state index contributed by atoms with van der Waals surface area (Å²) in [4.78, 5) is 13.5. The Kier molecular flexibility index (Phi) is 2.34. The van der Waals surface area contributed by atoms with Crippen LogP contribution in [-0.2, 0) is 9.53 Å². The van der Waals surface area contributed by atoms with Crippen molar-refractivity contribution in [2.24, 2.45) is 0 Å². The molecule has 0 radical (unpaired) electrons. The van der Waals surface area contributed by atoms with Crippen LogP contribution >= 0.6 is 0 Å². The number of amides is 1. The highest BCUT2D eigenvalue weighted by Crippen LogP contribution is 2.14. The van der Waals surface area contributed by atoms with E-state index in [1.165, 1.54) is 0 Å². The molecule has 0 saturated carbocycles. The molecule has 0 spiro atoms. The summed E-state index contributed by atoms with van der Waals surface area (Å²) in [6, 6.07) is 0. The van der Waals surface area contributed by atoms with Gasteiger partial charge in [-0.3, -0.25) is 4.79 Å². The van der Waals surface area contributed by atoms with Crippen LogP contribution in [-0.4, -0.2) is 30.5 Å². The summed E-state index contributed by atoms with van der Waals surface area (Å²) in [5.74, 6) is 0.581. The maximum absolute atomic E-state index is 11.7. The molecular formula is C10H13NO2. The number of ether oxygens (including phenoxy) is 1. The molecule has 0 aromatic rings. The lowest BCUT2D eigenvalue weighted by atomic mass is 10.2. The van der Waals surface area contributed by atoms with Gasteiger partial charge in [-0.25, -0.2) is 0 Å². The van der Waals surface area contributed by atoms with E-state index >= 15 is 0 Å². The van der Waals surface area contributed by atoms with Crippen molar-refractivity contribution in [3.8, 4) is 0 Å². The fourth-order valence-electron chi connectivity index (χ4n) is 1.55. The highest BCUT2D eigenvalue weighted by Gasteiger charge is 2.21. The fraction of sp³-hybridized carbons (Fsp3) is 0.500. The van der Waals surface area contributed by atoms with Crippen molar-refractivity contribution in [1.29, 1.82) is 0 Å². The van der Waals surface area contributed by atoms with E-state index in [0.29, 0.717) is 12.4 Å². The van der Waals surface area contributed by atoms with Crippen LogP contribution in [0.5, 0.6) is 0 Å². The van der Waals surface area contributed by atoms with Gasteiger partial charge in [0.1, 0.15) is 0 Å². The summed E-state index contributed by atoms with van der Waals surface area (Å²) in [7, 11) is 0. The minimum atomic E-state index is 0.0434. The highest BCUT2D eigenvalue weighted by atomic mass is 16.5. The summed E-state index contributed by atoms with van der Waals surface area (Å²) in [5.41, 5.74) is 0. The van der Waals surface area contributed by atoms with Crippen LogP contribution in [0.15, 0.2) is 24.0 Å². The quantitative estimate of drug-likeness (QED) is 0.564. The molecule has 0 saturated heterocycles. The second-order valence-electron chi connectivity index (χ2n) is 3.22. The maximum Gasteiger partial charge on any atom is 0.288 e. The second kappa shape index (κ2) is 3.64. The summed E-state index contributed by atoms with van der Waals surface area (Å²) in [6.07, 6.45) is 7.83. The lowest BCUT2D eigenvalue weighted by Gasteiger charge is -2.23. The van der Waals surface area contributed by atoms with Gasteiger partial charge in [0.05, 0.1) is 6.61 Å². The molecule has 0 bridgehead atoms. The van der Waals surface area contributed by atoms with Crippen molar-refractivity contribution in [2.45, 2.75) is 12.8 Å². The van der Waals surface area contributed by atoms with Crippen LogP contribution in [0.4, 0.5) is 0 Å². The van der Waals surface area contributed by atoms with Crippen molar-refractivity contribution in [3.05, 3.63) is 24.0 Å². The van der Waals surface area contributed by atoms with Gasteiger partial charge in [-0.15, -0.1) is 0 Å². The monoisotopic (exact) mass is 179 g/mol. The second-order valence-corrected chi connectivity index (χ2v) is 3.22. The average Bonchev–Trinajstić information content (AvgIpc) is 2.71. The summed E-state index contributed by atoms with van der Waals surface area (Å²) in [6.45, 7) is 2.19. The van der Waals surface area contributed by atoms with Gasteiger partial charge in [0.2, 0.25) is 0 Å². The Bertz CT molecular complexity index is 268. The van der Waals surface area contributed by atoms with Gasteiger partial charge >= 0.3 is 0 Å². The number of carbonyl (C=O) groups is 1. The first-order valence-electron chi connectivity index (χ1n) is 4.65. The largest absolute Gasteiger partial charge is 0.488 e. The Labute approximate surface area is 77.7 Å². The molecule has 0 aromatic heterocycles. The average molecular weight is 179 g/mol. The van der Waals surface area contributed by atoms with E-state index in [2.05, 4.69) is 6.08 Å². The molecule has 3 nitrogen and oxygen atoms in total. The first-order chi connectivity index (χ1) is 6.38. The van der Waals surface area contributed by atoms with Crippen LogP contribution < -0.4 is 0 Å². The third kappa shape index (κ3) is 1.74. The SMILES string of the molecule is O=C(C1=CCCO1)N1CC=CCC1. The third-order valence-electron chi connectivity index (χ3n) is 2.26. The first kappa shape index (κ1) is 8.35. The maximum atomic E-state index is 11.7. The van der Waals surface area contributed by atoms with Crippen LogP contribution in [0.2, 0.25) is 0 Å². The van der Waals surface area contributed by atoms with Gasteiger partial charge < -0.3 is 9.64 Å². The molecule has 70 valence electrons. The van der Waals surface area contributed by atoms with Crippen LogP contribution in [0, 0.1) is 0 Å². The number of carbonyl (C=O) groups excluding carboxylic acids is 1. The van der Waals surface area contributed by atoms with E-state index in [9.17, 15) is 4.79 Å². The topological polar surface area (TPSA) is 29.5 Å². The smallest absolute Gasteiger partial charge is 0.288 e. The van der Waals surface area contributed by atoms with E-state index in [1.54, 1.807) is 0 Å². The molecule has 0 unspecified atom stereocenters. The van der Waals surface area contributed by atoms with Crippen molar-refractivity contribution >= 4 is 5.91 Å². The van der Waals surface area contributed by atoms with Crippen LogP contribution in [0.25, 0.3) is 0 Å². The molecule has 0 fully saturated rings. The molecule has 1 amide bonds. The van der Waals surface area contributed by atoms with Gasteiger partial charge in [-0.2, -0.15) is 0 Å². The Balaban J connectivity index is 1.99. The minimum absolute atomic E-state index is 0.0434. The zero-order valence-electron chi connectivity index (χ0n) is 7.53. The molecule has 2 aliphatic heterocycles. The Morgan fingerprint density at radius 1 is 1.38 bits per heavy atom. The van der Waals surface area contributed by atoms with E-state index in [-0.39, 0.29) is 5.91 Å². The summed E-state index contributed by atoms with van der Waals surface area (Å²) >= 11 is 0. The Hall–Kier alpha value is -1.25. The standard InChI is InChI=1S/C10H13NO2/c12-10(9-5-4-8-13-9)11-6-2-1-3-7-11/h1-2,5H,3-4,6-8H2. The van der Waals surface area contributed by atoms with E-state index in [1.807, 2.05) is 17.1 Å². The molecule has 0 N–H and O–H groups in total. The van der Waals surface area contributed by atoms with Gasteiger partial charge in [-0.1, -0.05) is 12.2 Å². The van der Waals surface area contributed by atoms with Gasteiger partial charge in [0.15, 0.2) is 5.76 Å². The molecule has 0 atom stereocenters. The van der Waals surface area contributed by atoms with Crippen LogP contribution in [0.3, 0.4) is 0 Å². The number of hydrogen-bond donors (Lipinski definition) is 0. The van der Waals surface area contributed by atoms with Crippen molar-refractivity contribution in [3.63, 3.8) is 0 Å². The minimum Gasteiger partial charge on any atom is -0.488 e. The predicted molar refractivity (Wildman–Crippen MR) is 49.0 cm³/mol. The molecule has 0 aromatic carbocycles. The molecule has 2 rings (SSSR count). The highest BCUT2D eigenvalue weighted by molar-refractivity contribution is 5.91. The zero-order chi connectivity index (χ0) is 9.10. The normalized spacial score (nSPS) is 21.2. The van der Waals surface area contributed by atoms with Crippen molar-refractivity contribution in [1.82, 2.24) is 4.90 Å². The van der Waals surface area contributed by atoms with Crippen LogP contribution in [0.1, 0.15) is 12.8 Å². The molecule has 0 aliphatic carbocycles. The fourth-order valence-corrected chi connectivity index (χ4v) is 1.55. The molecule has 2 heterocycles. The van der Waals surface area contributed by atoms with E-state index in [4.69, 9.17) is 4.74 Å². The van der Waals surface area contributed by atoms with Gasteiger partial charge in [-0.05, 0) is 12.5 Å². The number of hydrogen-bond acceptors (Lipinski definition) is 2.